The molecule has 0 bridgehead atoms. The van der Waals surface area contributed by atoms with Crippen LogP contribution in [0.4, 0.5) is 0 Å². The van der Waals surface area contributed by atoms with E-state index in [0.717, 1.165) is 5.39 Å². The summed E-state index contributed by atoms with van der Waals surface area (Å²) in [6, 6.07) is 13.4. The van der Waals surface area contributed by atoms with E-state index in [-0.39, 0.29) is 14.9 Å². The van der Waals surface area contributed by atoms with Crippen molar-refractivity contribution in [2.24, 2.45) is 0 Å². The number of furan rings is 1. The number of halogens is 2. The highest BCUT2D eigenvalue weighted by Gasteiger charge is 2.31. The minimum atomic E-state index is -3.88. The molecule has 4 nitrogen and oxygen atoms in total. The summed E-state index contributed by atoms with van der Waals surface area (Å²) in [5.74, 6) is 0.547. The Morgan fingerprint density at radius 3 is 2.29 bits per heavy atom. The second kappa shape index (κ2) is 6.41. The molecule has 0 aliphatic heterocycles. The molecule has 0 spiro atoms. The fourth-order valence-electron chi connectivity index (χ4n) is 2.47. The Kier molecular flexibility index (Phi) is 4.62. The van der Waals surface area contributed by atoms with Gasteiger partial charge < -0.3 is 4.42 Å². The lowest BCUT2D eigenvalue weighted by Crippen LogP contribution is -2.30. The van der Waals surface area contributed by atoms with Crippen molar-refractivity contribution >= 4 is 44.2 Å². The molecule has 0 unspecified atom stereocenters. The predicted molar refractivity (Wildman–Crippen MR) is 96.0 cm³/mol. The molecule has 0 fully saturated rings. The lowest BCUT2D eigenvalue weighted by Gasteiger charge is -2.23. The summed E-state index contributed by atoms with van der Waals surface area (Å²) < 4.78 is 32.8. The summed E-state index contributed by atoms with van der Waals surface area (Å²) in [5.41, 5.74) is 0.709. The third kappa shape index (κ3) is 2.93. The van der Waals surface area contributed by atoms with Crippen molar-refractivity contribution in [3.05, 3.63) is 64.3 Å². The summed E-state index contributed by atoms with van der Waals surface area (Å²) in [7, 11) is -2.40. The van der Waals surface area contributed by atoms with Crippen molar-refractivity contribution in [1.82, 2.24) is 4.31 Å². The second-order valence-electron chi connectivity index (χ2n) is 5.43. The number of rotatable bonds is 4. The molecule has 0 aliphatic carbocycles. The summed E-state index contributed by atoms with van der Waals surface area (Å²) >= 11 is 12.1. The molecule has 126 valence electrons. The topological polar surface area (TPSA) is 50.5 Å². The molecule has 0 saturated carbocycles. The van der Waals surface area contributed by atoms with Crippen molar-refractivity contribution in [3.8, 4) is 0 Å². The summed E-state index contributed by atoms with van der Waals surface area (Å²) in [6.45, 7) is 1.75. The molecule has 24 heavy (non-hydrogen) atoms. The SMILES string of the molecule is C[C@@H](c1cc2ccccc2o1)N(C)S(=O)(=O)c1c(Cl)cccc1Cl. The van der Waals surface area contributed by atoms with Gasteiger partial charge in [-0.15, -0.1) is 0 Å². The molecular weight excluding hydrogens is 369 g/mol. The van der Waals surface area contributed by atoms with Crippen molar-refractivity contribution in [2.75, 3.05) is 7.05 Å². The van der Waals surface area contributed by atoms with Gasteiger partial charge in [-0.2, -0.15) is 4.31 Å². The molecule has 3 aromatic rings. The normalized spacial score (nSPS) is 13.5. The lowest BCUT2D eigenvalue weighted by molar-refractivity contribution is 0.348. The number of para-hydroxylation sites is 1. The monoisotopic (exact) mass is 383 g/mol. The van der Waals surface area contributed by atoms with Crippen LogP contribution in [0.25, 0.3) is 11.0 Å². The molecule has 0 N–H and O–H groups in total. The Balaban J connectivity index is 2.02. The second-order valence-corrected chi connectivity index (χ2v) is 8.18. The zero-order chi connectivity index (χ0) is 17.5. The summed E-state index contributed by atoms with van der Waals surface area (Å²) in [5, 5.41) is 1.10. The van der Waals surface area contributed by atoms with Gasteiger partial charge in [0, 0.05) is 12.4 Å². The van der Waals surface area contributed by atoms with Crippen LogP contribution in [0.1, 0.15) is 18.7 Å². The molecule has 0 amide bonds. The van der Waals surface area contributed by atoms with Crippen LogP contribution in [0, 0.1) is 0 Å². The predicted octanol–water partition coefficient (Wildman–Crippen LogP) is 5.12. The first-order valence-corrected chi connectivity index (χ1v) is 9.42. The van der Waals surface area contributed by atoms with Gasteiger partial charge in [-0.25, -0.2) is 8.42 Å². The zero-order valence-electron chi connectivity index (χ0n) is 13.0. The fraction of sp³-hybridized carbons (Fsp3) is 0.176. The Labute approximate surface area is 150 Å². The summed E-state index contributed by atoms with van der Waals surface area (Å²) in [6.07, 6.45) is 0. The van der Waals surface area contributed by atoms with Gasteiger partial charge in [0.2, 0.25) is 10.0 Å². The van der Waals surface area contributed by atoms with Crippen molar-refractivity contribution in [2.45, 2.75) is 17.9 Å². The van der Waals surface area contributed by atoms with E-state index in [2.05, 4.69) is 0 Å². The first-order chi connectivity index (χ1) is 11.3. The van der Waals surface area contributed by atoms with Crippen LogP contribution < -0.4 is 0 Å². The molecule has 3 rings (SSSR count). The van der Waals surface area contributed by atoms with Crippen LogP contribution in [0.3, 0.4) is 0 Å². The Morgan fingerprint density at radius 2 is 1.67 bits per heavy atom. The maximum absolute atomic E-state index is 12.9. The highest BCUT2D eigenvalue weighted by Crippen LogP contribution is 2.35. The van der Waals surface area contributed by atoms with E-state index in [9.17, 15) is 8.42 Å². The third-order valence-corrected chi connectivity index (χ3v) is 6.84. The maximum Gasteiger partial charge on any atom is 0.246 e. The number of hydrogen-bond donors (Lipinski definition) is 0. The van der Waals surface area contributed by atoms with Crippen LogP contribution in [0.15, 0.2) is 57.8 Å². The highest BCUT2D eigenvalue weighted by atomic mass is 35.5. The van der Waals surface area contributed by atoms with E-state index in [1.165, 1.54) is 23.5 Å². The van der Waals surface area contributed by atoms with E-state index in [1.54, 1.807) is 13.0 Å². The number of hydrogen-bond acceptors (Lipinski definition) is 3. The van der Waals surface area contributed by atoms with E-state index < -0.39 is 16.1 Å². The smallest absolute Gasteiger partial charge is 0.246 e. The number of sulfonamides is 1. The molecule has 1 heterocycles. The van der Waals surface area contributed by atoms with Crippen molar-refractivity contribution in [1.29, 1.82) is 0 Å². The molecule has 2 aromatic carbocycles. The fourth-order valence-corrected chi connectivity index (χ4v) is 4.89. The van der Waals surface area contributed by atoms with Crippen LogP contribution >= 0.6 is 23.2 Å². The standard InChI is InChI=1S/C17H15Cl2NO3S/c1-11(16-10-12-6-3-4-9-15(12)23-16)20(2)24(21,22)17-13(18)7-5-8-14(17)19/h3-11H,1-2H3/t11-/m0/s1. The van der Waals surface area contributed by atoms with Gasteiger partial charge in [0.25, 0.3) is 0 Å². The molecule has 1 aromatic heterocycles. The van der Waals surface area contributed by atoms with Crippen LogP contribution in [0.5, 0.6) is 0 Å². The van der Waals surface area contributed by atoms with E-state index >= 15 is 0 Å². The maximum atomic E-state index is 12.9. The minimum Gasteiger partial charge on any atom is -0.459 e. The van der Waals surface area contributed by atoms with Crippen LogP contribution in [0.2, 0.25) is 10.0 Å². The first kappa shape index (κ1) is 17.3. The molecule has 1 atom stereocenters. The van der Waals surface area contributed by atoms with Gasteiger partial charge in [-0.05, 0) is 31.2 Å². The van der Waals surface area contributed by atoms with Gasteiger partial charge in [0.05, 0.1) is 16.1 Å². The van der Waals surface area contributed by atoms with E-state index in [1.807, 2.05) is 30.3 Å². The quantitative estimate of drug-likeness (QED) is 0.627. The molecule has 0 aliphatic rings. The lowest BCUT2D eigenvalue weighted by atomic mass is 10.2. The zero-order valence-corrected chi connectivity index (χ0v) is 15.4. The Bertz CT molecular complexity index is 945. The van der Waals surface area contributed by atoms with Gasteiger partial charge in [0.15, 0.2) is 0 Å². The van der Waals surface area contributed by atoms with Gasteiger partial charge >= 0.3 is 0 Å². The minimum absolute atomic E-state index is 0.0890. The number of nitrogens with zero attached hydrogens (tertiary/aromatic N) is 1. The Morgan fingerprint density at radius 1 is 1.04 bits per heavy atom. The van der Waals surface area contributed by atoms with E-state index in [0.29, 0.717) is 11.3 Å². The average Bonchev–Trinajstić information content (AvgIpc) is 2.97. The van der Waals surface area contributed by atoms with Gasteiger partial charge in [-0.3, -0.25) is 0 Å². The van der Waals surface area contributed by atoms with Crippen LogP contribution in [-0.2, 0) is 10.0 Å². The average molecular weight is 384 g/mol. The number of fused-ring (bicyclic) bond motifs is 1. The van der Waals surface area contributed by atoms with Crippen molar-refractivity contribution < 1.29 is 12.8 Å². The molecule has 7 heteroatoms. The molecular formula is C17H15Cl2NO3S. The van der Waals surface area contributed by atoms with Gasteiger partial charge in [-0.1, -0.05) is 47.5 Å². The largest absolute Gasteiger partial charge is 0.459 e. The van der Waals surface area contributed by atoms with Gasteiger partial charge in [0.1, 0.15) is 16.2 Å². The summed E-state index contributed by atoms with van der Waals surface area (Å²) in [4.78, 5) is -0.0983. The molecule has 0 radical (unpaired) electrons. The third-order valence-electron chi connectivity index (χ3n) is 3.96. The highest BCUT2D eigenvalue weighted by molar-refractivity contribution is 7.89. The van der Waals surface area contributed by atoms with Crippen LogP contribution in [-0.4, -0.2) is 19.8 Å². The first-order valence-electron chi connectivity index (χ1n) is 7.23. The molecule has 0 saturated heterocycles. The Hall–Kier alpha value is -1.53. The van der Waals surface area contributed by atoms with E-state index in [4.69, 9.17) is 27.6 Å². The number of benzene rings is 2. The van der Waals surface area contributed by atoms with Crippen molar-refractivity contribution in [3.63, 3.8) is 0 Å².